The van der Waals surface area contributed by atoms with E-state index in [4.69, 9.17) is 5.14 Å². The predicted molar refractivity (Wildman–Crippen MR) is 78.3 cm³/mol. The molecule has 2 heterocycles. The number of carboxylic acid groups (broad SMARTS) is 1. The molecule has 0 aliphatic carbocycles. The van der Waals surface area contributed by atoms with Crippen LogP contribution in [0.1, 0.15) is 34.8 Å². The van der Waals surface area contributed by atoms with Gasteiger partial charge in [0, 0.05) is 19.3 Å². The molecule has 1 aromatic heterocycles. The zero-order valence-electron chi connectivity index (χ0n) is 11.8. The minimum atomic E-state index is -4.20. The second-order valence-electron chi connectivity index (χ2n) is 5.20. The first kappa shape index (κ1) is 16.9. The van der Waals surface area contributed by atoms with Gasteiger partial charge in [0.1, 0.15) is 5.69 Å². The zero-order chi connectivity index (χ0) is 16.7. The predicted octanol–water partition coefficient (Wildman–Crippen LogP) is -0.623. The molecule has 1 saturated heterocycles. The average molecular weight is 351 g/mol. The van der Waals surface area contributed by atoms with Crippen molar-refractivity contribution in [3.63, 3.8) is 0 Å². The molecule has 1 fully saturated rings. The molecule has 3 N–H and O–H groups in total. The van der Waals surface area contributed by atoms with Crippen LogP contribution in [0.5, 0.6) is 0 Å². The molecule has 1 aliphatic heterocycles. The van der Waals surface area contributed by atoms with Gasteiger partial charge in [0.15, 0.2) is 0 Å². The Morgan fingerprint density at radius 3 is 2.23 bits per heavy atom. The number of hydrogen-bond acceptors (Lipinski definition) is 5. The summed E-state index contributed by atoms with van der Waals surface area (Å²) in [6.45, 7) is 0.534. The summed E-state index contributed by atoms with van der Waals surface area (Å²) in [6.07, 6.45) is 3.06. The third kappa shape index (κ3) is 3.32. The molecular weight excluding hydrogens is 334 g/mol. The monoisotopic (exact) mass is 351 g/mol. The van der Waals surface area contributed by atoms with Crippen molar-refractivity contribution in [2.75, 3.05) is 19.3 Å². The lowest BCUT2D eigenvalue weighted by Crippen LogP contribution is -2.37. The van der Waals surface area contributed by atoms with E-state index in [2.05, 4.69) is 0 Å². The van der Waals surface area contributed by atoms with Crippen molar-refractivity contribution in [2.24, 2.45) is 5.14 Å². The molecule has 0 amide bonds. The number of nitrogens with two attached hydrogens (primary N) is 1. The molecule has 0 unspecified atom stereocenters. The Kier molecular flexibility index (Phi) is 4.35. The van der Waals surface area contributed by atoms with E-state index >= 15 is 0 Å². The van der Waals surface area contributed by atoms with Crippen LogP contribution in [0.15, 0.2) is 12.3 Å². The Labute approximate surface area is 128 Å². The van der Waals surface area contributed by atoms with Gasteiger partial charge >= 0.3 is 16.2 Å². The van der Waals surface area contributed by atoms with E-state index in [1.807, 2.05) is 0 Å². The lowest BCUT2D eigenvalue weighted by atomic mass is 9.90. The highest BCUT2D eigenvalue weighted by molar-refractivity contribution is 7.88. The first-order chi connectivity index (χ1) is 10.0. The Hall–Kier alpha value is -1.43. The van der Waals surface area contributed by atoms with Crippen LogP contribution >= 0.6 is 0 Å². The van der Waals surface area contributed by atoms with Crippen LogP contribution in [0.3, 0.4) is 0 Å². The highest BCUT2D eigenvalue weighted by atomic mass is 32.2. The number of carboxylic acids is 1. The van der Waals surface area contributed by atoms with Crippen molar-refractivity contribution in [3.8, 4) is 0 Å². The molecule has 0 aromatic carbocycles. The van der Waals surface area contributed by atoms with Crippen LogP contribution in [-0.4, -0.2) is 55.5 Å². The smallest absolute Gasteiger partial charge is 0.353 e. The van der Waals surface area contributed by atoms with Crippen molar-refractivity contribution < 1.29 is 26.7 Å². The van der Waals surface area contributed by atoms with Gasteiger partial charge in [-0.15, -0.1) is 0 Å². The Morgan fingerprint density at radius 1 is 1.27 bits per heavy atom. The van der Waals surface area contributed by atoms with E-state index in [9.17, 15) is 26.7 Å². The molecule has 22 heavy (non-hydrogen) atoms. The van der Waals surface area contributed by atoms with Crippen LogP contribution in [0.25, 0.3) is 0 Å². The van der Waals surface area contributed by atoms with Gasteiger partial charge in [-0.05, 0) is 30.4 Å². The number of rotatable bonds is 4. The fourth-order valence-corrected chi connectivity index (χ4v) is 4.23. The van der Waals surface area contributed by atoms with E-state index in [1.54, 1.807) is 0 Å². The van der Waals surface area contributed by atoms with E-state index < -0.39 is 26.2 Å². The second-order valence-corrected chi connectivity index (χ2v) is 8.61. The number of aromatic nitrogens is 1. The summed E-state index contributed by atoms with van der Waals surface area (Å²) < 4.78 is 47.7. The van der Waals surface area contributed by atoms with Crippen molar-refractivity contribution >= 4 is 26.2 Å². The summed E-state index contributed by atoms with van der Waals surface area (Å²) in [7, 11) is -7.48. The number of carbonyl (C=O) groups is 1. The Balaban J connectivity index is 2.32. The summed E-state index contributed by atoms with van der Waals surface area (Å²) in [4.78, 5) is 11.4. The summed E-state index contributed by atoms with van der Waals surface area (Å²) >= 11 is 0. The molecule has 2 rings (SSSR count). The van der Waals surface area contributed by atoms with Gasteiger partial charge < -0.3 is 5.11 Å². The Morgan fingerprint density at radius 2 is 1.82 bits per heavy atom. The Bertz CT molecular complexity index is 788. The third-order valence-electron chi connectivity index (χ3n) is 3.72. The number of aromatic carboxylic acids is 1. The fourth-order valence-electron chi connectivity index (χ4n) is 2.69. The summed E-state index contributed by atoms with van der Waals surface area (Å²) in [5, 5.41) is 14.3. The molecule has 0 saturated carbocycles. The molecule has 9 nitrogen and oxygen atoms in total. The largest absolute Gasteiger partial charge is 0.477 e. The minimum Gasteiger partial charge on any atom is -0.477 e. The maximum absolute atomic E-state index is 11.5. The van der Waals surface area contributed by atoms with Gasteiger partial charge in [-0.2, -0.15) is 8.42 Å². The first-order valence-electron chi connectivity index (χ1n) is 6.44. The molecule has 0 spiro atoms. The van der Waals surface area contributed by atoms with Gasteiger partial charge in [-0.1, -0.05) is 0 Å². The summed E-state index contributed by atoms with van der Waals surface area (Å²) in [5.41, 5.74) is -0.0324. The summed E-state index contributed by atoms with van der Waals surface area (Å²) in [5.74, 6) is -1.62. The maximum atomic E-state index is 11.5. The van der Waals surface area contributed by atoms with E-state index in [0.717, 1.165) is 12.5 Å². The third-order valence-corrected chi connectivity index (χ3v) is 5.88. The average Bonchev–Trinajstić information content (AvgIpc) is 2.82. The van der Waals surface area contributed by atoms with Crippen molar-refractivity contribution in [1.29, 1.82) is 0 Å². The van der Waals surface area contributed by atoms with Crippen LogP contribution < -0.4 is 5.14 Å². The molecule has 11 heteroatoms. The molecule has 0 radical (unpaired) electrons. The number of nitrogens with zero attached hydrogens (tertiary/aromatic N) is 2. The van der Waals surface area contributed by atoms with E-state index in [1.165, 1.54) is 10.4 Å². The van der Waals surface area contributed by atoms with Gasteiger partial charge in [0.25, 0.3) is 0 Å². The molecule has 0 bridgehead atoms. The standard InChI is InChI=1S/C11H17N3O6S2/c1-21(17,18)13-5-2-8(3-6-13)9-4-7-14(22(12,19)20)10(9)11(15)16/h4,7-8H,2-3,5-6H2,1H3,(H,15,16)(H2,12,19,20). The van der Waals surface area contributed by atoms with E-state index in [-0.39, 0.29) is 24.7 Å². The van der Waals surface area contributed by atoms with E-state index in [0.29, 0.717) is 22.4 Å². The normalized spacial score (nSPS) is 18.5. The number of sulfonamides is 1. The van der Waals surface area contributed by atoms with Gasteiger partial charge in [-0.25, -0.2) is 26.6 Å². The number of piperidine rings is 1. The second kappa shape index (κ2) is 5.65. The van der Waals surface area contributed by atoms with Gasteiger partial charge in [0.2, 0.25) is 10.0 Å². The van der Waals surface area contributed by atoms with Gasteiger partial charge in [0.05, 0.1) is 6.26 Å². The maximum Gasteiger partial charge on any atom is 0.353 e. The minimum absolute atomic E-state index is 0.230. The molecular formula is C11H17N3O6S2. The van der Waals surface area contributed by atoms with Crippen LogP contribution in [0.4, 0.5) is 0 Å². The first-order valence-corrected chi connectivity index (χ1v) is 9.80. The van der Waals surface area contributed by atoms with Crippen molar-refractivity contribution in [3.05, 3.63) is 23.5 Å². The number of hydrogen-bond donors (Lipinski definition) is 2. The van der Waals surface area contributed by atoms with Crippen LogP contribution in [0.2, 0.25) is 0 Å². The van der Waals surface area contributed by atoms with Crippen LogP contribution in [-0.2, 0) is 20.2 Å². The lowest BCUT2D eigenvalue weighted by Gasteiger charge is -2.30. The van der Waals surface area contributed by atoms with Crippen molar-refractivity contribution in [2.45, 2.75) is 18.8 Å². The molecule has 0 atom stereocenters. The fraction of sp³-hybridized carbons (Fsp3) is 0.545. The quantitative estimate of drug-likeness (QED) is 0.740. The molecule has 1 aliphatic rings. The molecule has 124 valence electrons. The zero-order valence-corrected chi connectivity index (χ0v) is 13.5. The molecule has 1 aromatic rings. The summed E-state index contributed by atoms with van der Waals surface area (Å²) in [6, 6.07) is 1.41. The van der Waals surface area contributed by atoms with Crippen LogP contribution in [0, 0.1) is 0 Å². The van der Waals surface area contributed by atoms with Gasteiger partial charge in [-0.3, -0.25) is 0 Å². The highest BCUT2D eigenvalue weighted by Crippen LogP contribution is 2.32. The topological polar surface area (TPSA) is 140 Å². The SMILES string of the molecule is CS(=O)(=O)N1CCC(c2ccn(S(N)(=O)=O)c2C(=O)O)CC1. The lowest BCUT2D eigenvalue weighted by molar-refractivity contribution is 0.0686. The van der Waals surface area contributed by atoms with Crippen molar-refractivity contribution in [1.82, 2.24) is 8.28 Å². The highest BCUT2D eigenvalue weighted by Gasteiger charge is 2.31.